The molecule has 0 unspecified atom stereocenters. The molecule has 17 heavy (non-hydrogen) atoms. The highest BCUT2D eigenvalue weighted by Crippen LogP contribution is 2.17. The van der Waals surface area contributed by atoms with Crippen LogP contribution in [0.2, 0.25) is 0 Å². The summed E-state index contributed by atoms with van der Waals surface area (Å²) in [7, 11) is 0. The standard InChI is InChI=1S/C14H21NOS/c1-4-12(5-2)15-14(16)11-7-9-13(10-8-11)17-6-3/h7-10,12H,4-6H2,1-3H3,(H,15,16). The first-order valence-corrected chi connectivity index (χ1v) is 7.23. The highest BCUT2D eigenvalue weighted by Gasteiger charge is 2.10. The van der Waals surface area contributed by atoms with E-state index in [4.69, 9.17) is 0 Å². The summed E-state index contributed by atoms with van der Waals surface area (Å²) < 4.78 is 0. The monoisotopic (exact) mass is 251 g/mol. The Hall–Kier alpha value is -0.960. The van der Waals surface area contributed by atoms with Crippen molar-refractivity contribution in [1.29, 1.82) is 0 Å². The van der Waals surface area contributed by atoms with E-state index in [1.807, 2.05) is 24.3 Å². The zero-order valence-corrected chi connectivity index (χ0v) is 11.6. The van der Waals surface area contributed by atoms with Gasteiger partial charge in [0.25, 0.3) is 5.91 Å². The summed E-state index contributed by atoms with van der Waals surface area (Å²) in [6.45, 7) is 6.31. The Balaban J connectivity index is 2.63. The molecule has 1 amide bonds. The van der Waals surface area contributed by atoms with Crippen molar-refractivity contribution in [3.8, 4) is 0 Å². The average Bonchev–Trinajstić information content (AvgIpc) is 2.37. The number of carbonyl (C=O) groups excluding carboxylic acids is 1. The van der Waals surface area contributed by atoms with E-state index in [9.17, 15) is 4.79 Å². The van der Waals surface area contributed by atoms with Crippen molar-refractivity contribution < 1.29 is 4.79 Å². The van der Waals surface area contributed by atoms with Gasteiger partial charge in [0.15, 0.2) is 0 Å². The smallest absolute Gasteiger partial charge is 0.251 e. The molecule has 1 N–H and O–H groups in total. The van der Waals surface area contributed by atoms with Crippen LogP contribution in [0.1, 0.15) is 44.0 Å². The summed E-state index contributed by atoms with van der Waals surface area (Å²) in [6, 6.07) is 8.10. The van der Waals surface area contributed by atoms with Crippen LogP contribution in [0.25, 0.3) is 0 Å². The third-order valence-electron chi connectivity index (χ3n) is 2.75. The van der Waals surface area contributed by atoms with Gasteiger partial charge in [0.2, 0.25) is 0 Å². The van der Waals surface area contributed by atoms with Crippen molar-refractivity contribution in [3.63, 3.8) is 0 Å². The van der Waals surface area contributed by atoms with Gasteiger partial charge in [-0.05, 0) is 42.9 Å². The summed E-state index contributed by atoms with van der Waals surface area (Å²) in [5, 5.41) is 3.04. The van der Waals surface area contributed by atoms with Crippen molar-refractivity contribution in [3.05, 3.63) is 29.8 Å². The molecule has 1 rings (SSSR count). The van der Waals surface area contributed by atoms with Gasteiger partial charge < -0.3 is 5.32 Å². The largest absolute Gasteiger partial charge is 0.349 e. The van der Waals surface area contributed by atoms with E-state index in [1.165, 1.54) is 4.90 Å². The second kappa shape index (κ2) is 7.38. The molecule has 0 radical (unpaired) electrons. The number of rotatable bonds is 6. The zero-order valence-electron chi connectivity index (χ0n) is 10.8. The van der Waals surface area contributed by atoms with Crippen LogP contribution in [0.5, 0.6) is 0 Å². The molecule has 0 aliphatic carbocycles. The van der Waals surface area contributed by atoms with E-state index >= 15 is 0 Å². The SMILES string of the molecule is CCSc1ccc(C(=O)NC(CC)CC)cc1. The molecule has 0 saturated carbocycles. The van der Waals surface area contributed by atoms with E-state index < -0.39 is 0 Å². The highest BCUT2D eigenvalue weighted by molar-refractivity contribution is 7.99. The van der Waals surface area contributed by atoms with Crippen molar-refractivity contribution in [2.24, 2.45) is 0 Å². The number of benzene rings is 1. The Bertz CT molecular complexity index is 344. The van der Waals surface area contributed by atoms with Gasteiger partial charge >= 0.3 is 0 Å². The normalized spacial score (nSPS) is 10.6. The summed E-state index contributed by atoms with van der Waals surface area (Å²) in [4.78, 5) is 13.1. The van der Waals surface area contributed by atoms with Gasteiger partial charge in [0.05, 0.1) is 0 Å². The summed E-state index contributed by atoms with van der Waals surface area (Å²) in [5.74, 6) is 1.09. The second-order valence-electron chi connectivity index (χ2n) is 3.94. The molecule has 2 nitrogen and oxygen atoms in total. The fourth-order valence-corrected chi connectivity index (χ4v) is 2.29. The Morgan fingerprint density at radius 1 is 1.18 bits per heavy atom. The fraction of sp³-hybridized carbons (Fsp3) is 0.500. The predicted octanol–water partition coefficient (Wildman–Crippen LogP) is 3.72. The molecule has 0 aliphatic rings. The molecule has 0 saturated heterocycles. The van der Waals surface area contributed by atoms with Crippen LogP contribution in [-0.4, -0.2) is 17.7 Å². The number of carbonyl (C=O) groups is 1. The first-order valence-electron chi connectivity index (χ1n) is 6.24. The van der Waals surface area contributed by atoms with Crippen molar-refractivity contribution in [1.82, 2.24) is 5.32 Å². The maximum Gasteiger partial charge on any atom is 0.251 e. The van der Waals surface area contributed by atoms with Crippen molar-refractivity contribution >= 4 is 17.7 Å². The van der Waals surface area contributed by atoms with Crippen LogP contribution < -0.4 is 5.32 Å². The molecule has 1 aromatic rings. The van der Waals surface area contributed by atoms with Crippen LogP contribution in [0, 0.1) is 0 Å². The van der Waals surface area contributed by atoms with Gasteiger partial charge in [-0.2, -0.15) is 0 Å². The second-order valence-corrected chi connectivity index (χ2v) is 5.28. The maximum absolute atomic E-state index is 11.9. The Morgan fingerprint density at radius 3 is 2.24 bits per heavy atom. The van der Waals surface area contributed by atoms with Crippen LogP contribution in [-0.2, 0) is 0 Å². The first kappa shape index (κ1) is 14.1. The van der Waals surface area contributed by atoms with Gasteiger partial charge in [-0.15, -0.1) is 11.8 Å². The molecule has 94 valence electrons. The lowest BCUT2D eigenvalue weighted by atomic mass is 10.1. The lowest BCUT2D eigenvalue weighted by Crippen LogP contribution is -2.33. The topological polar surface area (TPSA) is 29.1 Å². The van der Waals surface area contributed by atoms with Crippen LogP contribution in [0.4, 0.5) is 0 Å². The number of hydrogen-bond donors (Lipinski definition) is 1. The molecule has 0 spiro atoms. The Labute approximate surface area is 108 Å². The van der Waals surface area contributed by atoms with Crippen molar-refractivity contribution in [2.75, 3.05) is 5.75 Å². The quantitative estimate of drug-likeness (QED) is 0.781. The number of nitrogens with one attached hydrogen (secondary N) is 1. The van der Waals surface area contributed by atoms with E-state index in [0.29, 0.717) is 0 Å². The first-order chi connectivity index (χ1) is 8.21. The molecular weight excluding hydrogens is 230 g/mol. The molecule has 3 heteroatoms. The third kappa shape index (κ3) is 4.43. The minimum absolute atomic E-state index is 0.0340. The molecule has 0 fully saturated rings. The lowest BCUT2D eigenvalue weighted by Gasteiger charge is -2.14. The van der Waals surface area contributed by atoms with Gasteiger partial charge in [0, 0.05) is 16.5 Å². The minimum atomic E-state index is 0.0340. The zero-order chi connectivity index (χ0) is 12.7. The van der Waals surface area contributed by atoms with Gasteiger partial charge in [-0.3, -0.25) is 4.79 Å². The van der Waals surface area contributed by atoms with E-state index in [0.717, 1.165) is 24.2 Å². The minimum Gasteiger partial charge on any atom is -0.349 e. The lowest BCUT2D eigenvalue weighted by molar-refractivity contribution is 0.0935. The van der Waals surface area contributed by atoms with Gasteiger partial charge in [0.1, 0.15) is 0 Å². The summed E-state index contributed by atoms with van der Waals surface area (Å²) >= 11 is 1.79. The average molecular weight is 251 g/mol. The van der Waals surface area contributed by atoms with E-state index in [-0.39, 0.29) is 11.9 Å². The Morgan fingerprint density at radius 2 is 1.76 bits per heavy atom. The Kier molecular flexibility index (Phi) is 6.12. The van der Waals surface area contributed by atoms with Crippen molar-refractivity contribution in [2.45, 2.75) is 44.6 Å². The van der Waals surface area contributed by atoms with Crippen LogP contribution >= 0.6 is 11.8 Å². The highest BCUT2D eigenvalue weighted by atomic mass is 32.2. The number of thioether (sulfide) groups is 1. The molecule has 0 heterocycles. The third-order valence-corrected chi connectivity index (χ3v) is 3.64. The molecule has 1 aromatic carbocycles. The molecule has 0 aliphatic heterocycles. The van der Waals surface area contributed by atoms with E-state index in [1.54, 1.807) is 11.8 Å². The van der Waals surface area contributed by atoms with Gasteiger partial charge in [-0.1, -0.05) is 20.8 Å². The number of amides is 1. The molecular formula is C14H21NOS. The number of hydrogen-bond acceptors (Lipinski definition) is 2. The maximum atomic E-state index is 11.9. The van der Waals surface area contributed by atoms with Gasteiger partial charge in [-0.25, -0.2) is 0 Å². The van der Waals surface area contributed by atoms with E-state index in [2.05, 4.69) is 26.1 Å². The molecule has 0 aromatic heterocycles. The van der Waals surface area contributed by atoms with Crippen LogP contribution in [0.3, 0.4) is 0 Å². The molecule has 0 atom stereocenters. The van der Waals surface area contributed by atoms with Crippen LogP contribution in [0.15, 0.2) is 29.2 Å². The molecule has 0 bridgehead atoms. The predicted molar refractivity (Wildman–Crippen MR) is 74.7 cm³/mol. The summed E-state index contributed by atoms with van der Waals surface area (Å²) in [5.41, 5.74) is 0.748. The summed E-state index contributed by atoms with van der Waals surface area (Å²) in [6.07, 6.45) is 1.96. The fourth-order valence-electron chi connectivity index (χ4n) is 1.63.